The molecule has 3 aliphatic heterocycles. The van der Waals surface area contributed by atoms with Gasteiger partial charge in [0, 0.05) is 0 Å². The predicted molar refractivity (Wildman–Crippen MR) is 55.5 cm³/mol. The SMILES string of the molecule is N[C@@]12C(=O)OC[C@@H]1C1OC2C2CCCCC21. The molecule has 0 aromatic carbocycles. The van der Waals surface area contributed by atoms with Crippen LogP contribution in [0.15, 0.2) is 0 Å². The third-order valence-corrected chi connectivity index (χ3v) is 5.22. The van der Waals surface area contributed by atoms with Gasteiger partial charge in [0.1, 0.15) is 5.54 Å². The van der Waals surface area contributed by atoms with Gasteiger partial charge in [0.15, 0.2) is 0 Å². The summed E-state index contributed by atoms with van der Waals surface area (Å²) in [6.07, 6.45) is 5.09. The highest BCUT2D eigenvalue weighted by Crippen LogP contribution is 2.57. The Labute approximate surface area is 94.5 Å². The van der Waals surface area contributed by atoms with Gasteiger partial charge in [0.25, 0.3) is 0 Å². The van der Waals surface area contributed by atoms with Crippen LogP contribution in [0.25, 0.3) is 0 Å². The smallest absolute Gasteiger partial charge is 0.329 e. The van der Waals surface area contributed by atoms with E-state index < -0.39 is 5.54 Å². The Morgan fingerprint density at radius 1 is 1.25 bits per heavy atom. The van der Waals surface area contributed by atoms with Crippen molar-refractivity contribution in [2.24, 2.45) is 23.5 Å². The van der Waals surface area contributed by atoms with Crippen LogP contribution in [0.1, 0.15) is 25.7 Å². The number of nitrogens with two attached hydrogens (primary N) is 1. The van der Waals surface area contributed by atoms with Crippen molar-refractivity contribution in [3.63, 3.8) is 0 Å². The van der Waals surface area contributed by atoms with Crippen molar-refractivity contribution in [3.05, 3.63) is 0 Å². The molecule has 4 rings (SSSR count). The molecular formula is C12H17NO3. The van der Waals surface area contributed by atoms with Crippen LogP contribution < -0.4 is 5.73 Å². The molecule has 6 atom stereocenters. The molecule has 1 aliphatic carbocycles. The van der Waals surface area contributed by atoms with Crippen molar-refractivity contribution in [2.45, 2.75) is 43.4 Å². The molecule has 2 N–H and O–H groups in total. The van der Waals surface area contributed by atoms with E-state index in [0.717, 1.165) is 0 Å². The molecule has 4 fully saturated rings. The fraction of sp³-hybridized carbons (Fsp3) is 0.917. The van der Waals surface area contributed by atoms with Gasteiger partial charge < -0.3 is 15.2 Å². The summed E-state index contributed by atoms with van der Waals surface area (Å²) in [6, 6.07) is 0. The summed E-state index contributed by atoms with van der Waals surface area (Å²) < 4.78 is 11.2. The number of ether oxygens (including phenoxy) is 2. The highest BCUT2D eigenvalue weighted by Gasteiger charge is 2.72. The summed E-state index contributed by atoms with van der Waals surface area (Å²) in [5, 5.41) is 0. The minimum Gasteiger partial charge on any atom is -0.464 e. The van der Waals surface area contributed by atoms with Crippen molar-refractivity contribution in [2.75, 3.05) is 6.61 Å². The van der Waals surface area contributed by atoms with Crippen LogP contribution >= 0.6 is 0 Å². The quantitative estimate of drug-likeness (QED) is 0.605. The van der Waals surface area contributed by atoms with Crippen LogP contribution in [0.4, 0.5) is 0 Å². The van der Waals surface area contributed by atoms with Gasteiger partial charge in [-0.15, -0.1) is 0 Å². The van der Waals surface area contributed by atoms with Crippen molar-refractivity contribution >= 4 is 5.97 Å². The van der Waals surface area contributed by atoms with Gasteiger partial charge in [-0.05, 0) is 24.7 Å². The molecule has 4 heteroatoms. The van der Waals surface area contributed by atoms with Gasteiger partial charge in [0.05, 0.1) is 24.7 Å². The van der Waals surface area contributed by atoms with Crippen molar-refractivity contribution in [3.8, 4) is 0 Å². The molecule has 1 saturated carbocycles. The Bertz CT molecular complexity index is 358. The minimum atomic E-state index is -0.816. The third-order valence-electron chi connectivity index (χ3n) is 5.22. The van der Waals surface area contributed by atoms with Crippen LogP contribution in [-0.2, 0) is 14.3 Å². The molecule has 0 spiro atoms. The second-order valence-corrected chi connectivity index (χ2v) is 5.77. The summed E-state index contributed by atoms with van der Waals surface area (Å²) in [7, 11) is 0. The molecule has 4 unspecified atom stereocenters. The average Bonchev–Trinajstić information content (AvgIpc) is 2.89. The molecular weight excluding hydrogens is 206 g/mol. The molecule has 88 valence electrons. The van der Waals surface area contributed by atoms with Crippen LogP contribution in [-0.4, -0.2) is 30.3 Å². The van der Waals surface area contributed by atoms with Gasteiger partial charge >= 0.3 is 5.97 Å². The van der Waals surface area contributed by atoms with Gasteiger partial charge in [-0.2, -0.15) is 0 Å². The lowest BCUT2D eigenvalue weighted by molar-refractivity contribution is -0.146. The standard InChI is InChI=1S/C12H17NO3/c13-12-8(5-15-11(12)14)9-6-3-1-2-4-7(6)10(12)16-9/h6-10H,1-5,13H2/t6?,7?,8-,9?,10?,12+/m1/s1. The number of hydrogen-bond donors (Lipinski definition) is 1. The topological polar surface area (TPSA) is 61.6 Å². The van der Waals surface area contributed by atoms with Crippen molar-refractivity contribution < 1.29 is 14.3 Å². The zero-order chi connectivity index (χ0) is 10.9. The van der Waals surface area contributed by atoms with Gasteiger partial charge in [0.2, 0.25) is 0 Å². The number of carbonyl (C=O) groups is 1. The number of rotatable bonds is 0. The molecule has 0 amide bonds. The molecule has 0 aromatic rings. The number of fused-ring (bicyclic) bond motifs is 8. The fourth-order valence-corrected chi connectivity index (χ4v) is 4.48. The molecule has 4 nitrogen and oxygen atoms in total. The molecule has 0 radical (unpaired) electrons. The lowest BCUT2D eigenvalue weighted by Crippen LogP contribution is -2.62. The first-order chi connectivity index (χ1) is 7.73. The number of cyclic esters (lactones) is 1. The van der Waals surface area contributed by atoms with E-state index in [9.17, 15) is 4.79 Å². The molecule has 2 bridgehead atoms. The Hall–Kier alpha value is -0.610. The largest absolute Gasteiger partial charge is 0.464 e. The van der Waals surface area contributed by atoms with E-state index >= 15 is 0 Å². The first-order valence-corrected chi connectivity index (χ1v) is 6.34. The monoisotopic (exact) mass is 223 g/mol. The van der Waals surface area contributed by atoms with Crippen molar-refractivity contribution in [1.29, 1.82) is 0 Å². The summed E-state index contributed by atoms with van der Waals surface area (Å²) >= 11 is 0. The van der Waals surface area contributed by atoms with E-state index in [4.69, 9.17) is 15.2 Å². The maximum absolute atomic E-state index is 11.8. The van der Waals surface area contributed by atoms with E-state index in [-0.39, 0.29) is 24.1 Å². The first kappa shape index (κ1) is 9.42. The Morgan fingerprint density at radius 2 is 2.00 bits per heavy atom. The Balaban J connectivity index is 1.76. The molecule has 0 aromatic heterocycles. The summed E-state index contributed by atoms with van der Waals surface area (Å²) in [5.74, 6) is 1.03. The fourth-order valence-electron chi connectivity index (χ4n) is 4.48. The third kappa shape index (κ3) is 0.843. The Morgan fingerprint density at radius 3 is 2.81 bits per heavy atom. The van der Waals surface area contributed by atoms with E-state index in [1.807, 2.05) is 0 Å². The molecule has 3 heterocycles. The molecule has 3 saturated heterocycles. The lowest BCUT2D eigenvalue weighted by atomic mass is 9.61. The van der Waals surface area contributed by atoms with Gasteiger partial charge in [-0.1, -0.05) is 12.8 Å². The van der Waals surface area contributed by atoms with E-state index in [0.29, 0.717) is 18.4 Å². The summed E-state index contributed by atoms with van der Waals surface area (Å²) in [4.78, 5) is 11.8. The molecule has 16 heavy (non-hydrogen) atoms. The highest BCUT2D eigenvalue weighted by atomic mass is 16.6. The average molecular weight is 223 g/mol. The summed E-state index contributed by atoms with van der Waals surface area (Å²) in [6.45, 7) is 0.472. The summed E-state index contributed by atoms with van der Waals surface area (Å²) in [5.41, 5.74) is 5.48. The normalized spacial score (nSPS) is 58.3. The second kappa shape index (κ2) is 2.79. The van der Waals surface area contributed by atoms with Crippen LogP contribution in [0.2, 0.25) is 0 Å². The number of hydrogen-bond acceptors (Lipinski definition) is 4. The first-order valence-electron chi connectivity index (χ1n) is 6.34. The van der Waals surface area contributed by atoms with Crippen molar-refractivity contribution in [1.82, 2.24) is 0 Å². The van der Waals surface area contributed by atoms with Gasteiger partial charge in [-0.25, -0.2) is 4.79 Å². The number of esters is 1. The van der Waals surface area contributed by atoms with E-state index in [1.165, 1.54) is 25.7 Å². The maximum atomic E-state index is 11.8. The lowest BCUT2D eigenvalue weighted by Gasteiger charge is -2.40. The second-order valence-electron chi connectivity index (χ2n) is 5.77. The van der Waals surface area contributed by atoms with E-state index in [1.54, 1.807) is 0 Å². The van der Waals surface area contributed by atoms with Crippen LogP contribution in [0.5, 0.6) is 0 Å². The van der Waals surface area contributed by atoms with E-state index in [2.05, 4.69) is 0 Å². The zero-order valence-corrected chi connectivity index (χ0v) is 9.22. The van der Waals surface area contributed by atoms with Gasteiger partial charge in [-0.3, -0.25) is 0 Å². The predicted octanol–water partition coefficient (Wildman–Crippen LogP) is 0.444. The van der Waals surface area contributed by atoms with Crippen LogP contribution in [0, 0.1) is 17.8 Å². The maximum Gasteiger partial charge on any atom is 0.329 e. The number of carbonyl (C=O) groups excluding carboxylic acids is 1. The minimum absolute atomic E-state index is 0.0669. The van der Waals surface area contributed by atoms with Crippen LogP contribution in [0.3, 0.4) is 0 Å². The Kier molecular flexibility index (Phi) is 1.65. The zero-order valence-electron chi connectivity index (χ0n) is 9.22. The highest BCUT2D eigenvalue weighted by molar-refractivity contribution is 5.85. The molecule has 4 aliphatic rings.